The Morgan fingerprint density at radius 2 is 1.23 bits per heavy atom. The van der Waals surface area contributed by atoms with E-state index in [1.807, 2.05) is 42.5 Å². The molecule has 4 heteroatoms. The number of carbonyl (C=O) groups is 1. The molecule has 0 aromatic heterocycles. The third-order valence-corrected chi connectivity index (χ3v) is 11.3. The van der Waals surface area contributed by atoms with Crippen LogP contribution < -0.4 is 10.4 Å². The molecule has 3 nitrogen and oxygen atoms in total. The smallest absolute Gasteiger partial charge is 0.335 e. The molecule has 31 heavy (non-hydrogen) atoms. The van der Waals surface area contributed by atoms with Crippen molar-refractivity contribution in [2.24, 2.45) is 5.92 Å². The second-order valence-electron chi connectivity index (χ2n) is 9.33. The molecule has 0 aliphatic carbocycles. The molecule has 1 aliphatic rings. The normalized spacial score (nSPS) is 21.7. The van der Waals surface area contributed by atoms with Crippen molar-refractivity contribution in [3.8, 4) is 0 Å². The molecule has 0 saturated carbocycles. The van der Waals surface area contributed by atoms with Crippen LogP contribution in [0.15, 0.2) is 91.0 Å². The molecule has 0 bridgehead atoms. The van der Waals surface area contributed by atoms with Crippen molar-refractivity contribution in [1.82, 2.24) is 0 Å². The maximum Gasteiger partial charge on any atom is 0.335 e. The SMILES string of the molecule is C[C@H]1[C@@H](c2ccccc2)OC(=O)[C@@H]1O[Si](c1ccccc1)(c1ccccc1)C(C)(C)C. The maximum absolute atomic E-state index is 13.1. The van der Waals surface area contributed by atoms with Gasteiger partial charge in [0, 0.05) is 5.92 Å². The third-order valence-electron chi connectivity index (χ3n) is 6.28. The van der Waals surface area contributed by atoms with Crippen LogP contribution in [0.2, 0.25) is 5.04 Å². The summed E-state index contributed by atoms with van der Waals surface area (Å²) in [6, 6.07) is 30.8. The van der Waals surface area contributed by atoms with E-state index in [0.29, 0.717) is 0 Å². The van der Waals surface area contributed by atoms with E-state index in [2.05, 4.69) is 76.2 Å². The van der Waals surface area contributed by atoms with Crippen LogP contribution in [0.4, 0.5) is 0 Å². The Morgan fingerprint density at radius 1 is 0.774 bits per heavy atom. The van der Waals surface area contributed by atoms with Crippen LogP contribution >= 0.6 is 0 Å². The highest BCUT2D eigenvalue weighted by molar-refractivity contribution is 6.99. The van der Waals surface area contributed by atoms with E-state index in [4.69, 9.17) is 9.16 Å². The van der Waals surface area contributed by atoms with Crippen molar-refractivity contribution in [2.45, 2.75) is 44.9 Å². The molecule has 3 aromatic carbocycles. The second-order valence-corrected chi connectivity index (χ2v) is 13.6. The van der Waals surface area contributed by atoms with Gasteiger partial charge in [0.2, 0.25) is 0 Å². The predicted molar refractivity (Wildman–Crippen MR) is 127 cm³/mol. The number of esters is 1. The molecule has 0 N–H and O–H groups in total. The minimum Gasteiger partial charge on any atom is -0.455 e. The van der Waals surface area contributed by atoms with Crippen LogP contribution in [0, 0.1) is 5.92 Å². The Kier molecular flexibility index (Phi) is 5.87. The molecule has 0 amide bonds. The van der Waals surface area contributed by atoms with E-state index in [0.717, 1.165) is 15.9 Å². The Morgan fingerprint density at radius 3 is 1.68 bits per heavy atom. The van der Waals surface area contributed by atoms with Gasteiger partial charge in [-0.3, -0.25) is 0 Å². The van der Waals surface area contributed by atoms with E-state index in [1.165, 1.54) is 0 Å². The maximum atomic E-state index is 13.1. The Balaban J connectivity index is 1.81. The van der Waals surface area contributed by atoms with Crippen LogP contribution in [0.3, 0.4) is 0 Å². The third kappa shape index (κ3) is 3.86. The monoisotopic (exact) mass is 430 g/mol. The molecule has 3 atom stereocenters. The van der Waals surface area contributed by atoms with E-state index in [1.54, 1.807) is 0 Å². The summed E-state index contributed by atoms with van der Waals surface area (Å²) in [4.78, 5) is 13.1. The fourth-order valence-electron chi connectivity index (χ4n) is 4.72. The van der Waals surface area contributed by atoms with E-state index < -0.39 is 14.4 Å². The summed E-state index contributed by atoms with van der Waals surface area (Å²) >= 11 is 0. The molecule has 0 unspecified atom stereocenters. The highest BCUT2D eigenvalue weighted by atomic mass is 28.4. The van der Waals surface area contributed by atoms with Crippen molar-refractivity contribution in [3.63, 3.8) is 0 Å². The summed E-state index contributed by atoms with van der Waals surface area (Å²) < 4.78 is 12.9. The number of rotatable bonds is 5. The number of hydrogen-bond donors (Lipinski definition) is 0. The van der Waals surface area contributed by atoms with Gasteiger partial charge in [-0.2, -0.15) is 0 Å². The average Bonchev–Trinajstić information content (AvgIpc) is 3.06. The molecule has 1 saturated heterocycles. The zero-order valence-electron chi connectivity index (χ0n) is 18.6. The molecule has 1 aliphatic heterocycles. The Bertz CT molecular complexity index is 973. The van der Waals surface area contributed by atoms with Crippen LogP contribution in [-0.2, 0) is 14.0 Å². The lowest BCUT2D eigenvalue weighted by molar-refractivity contribution is -0.146. The van der Waals surface area contributed by atoms with E-state index in [9.17, 15) is 4.79 Å². The zero-order valence-corrected chi connectivity index (χ0v) is 19.6. The molecule has 4 rings (SSSR count). The average molecular weight is 431 g/mol. The zero-order chi connectivity index (χ0) is 22.1. The first-order valence-corrected chi connectivity index (χ1v) is 12.8. The summed E-state index contributed by atoms with van der Waals surface area (Å²) in [5.74, 6) is -0.356. The number of hydrogen-bond acceptors (Lipinski definition) is 3. The van der Waals surface area contributed by atoms with Gasteiger partial charge >= 0.3 is 5.97 Å². The van der Waals surface area contributed by atoms with Crippen molar-refractivity contribution in [2.75, 3.05) is 0 Å². The second kappa shape index (κ2) is 8.44. The molecule has 3 aromatic rings. The van der Waals surface area contributed by atoms with Crippen molar-refractivity contribution in [1.29, 1.82) is 0 Å². The summed E-state index contributed by atoms with van der Waals surface area (Å²) in [6.45, 7) is 8.72. The van der Waals surface area contributed by atoms with Crippen LogP contribution in [0.1, 0.15) is 39.4 Å². The topological polar surface area (TPSA) is 35.5 Å². The highest BCUT2D eigenvalue weighted by Gasteiger charge is 2.55. The lowest BCUT2D eigenvalue weighted by Gasteiger charge is -2.44. The summed E-state index contributed by atoms with van der Waals surface area (Å²) in [5.41, 5.74) is 1.01. The summed E-state index contributed by atoms with van der Waals surface area (Å²) in [5, 5.41) is 2.13. The van der Waals surface area contributed by atoms with Crippen LogP contribution in [0.25, 0.3) is 0 Å². The van der Waals surface area contributed by atoms with Crippen molar-refractivity contribution in [3.05, 3.63) is 96.6 Å². The standard InChI is InChI=1S/C27H30O3Si/c1-20-24(21-14-8-5-9-15-21)29-26(28)25(20)30-31(27(2,3)4,22-16-10-6-11-17-22)23-18-12-7-13-19-23/h5-20,24-25H,1-4H3/t20-,24-,25+/m0/s1. The van der Waals surface area contributed by atoms with Gasteiger partial charge in [-0.25, -0.2) is 4.79 Å². The first-order valence-electron chi connectivity index (χ1n) is 10.9. The van der Waals surface area contributed by atoms with Crippen molar-refractivity contribution >= 4 is 24.7 Å². The van der Waals surface area contributed by atoms with Crippen molar-refractivity contribution < 1.29 is 14.0 Å². The van der Waals surface area contributed by atoms with Gasteiger partial charge in [-0.05, 0) is 21.0 Å². The van der Waals surface area contributed by atoms with Gasteiger partial charge in [0.1, 0.15) is 6.10 Å². The van der Waals surface area contributed by atoms with Gasteiger partial charge in [0.05, 0.1) is 0 Å². The van der Waals surface area contributed by atoms with Gasteiger partial charge in [0.15, 0.2) is 6.10 Å². The van der Waals surface area contributed by atoms with Crippen LogP contribution in [-0.4, -0.2) is 20.4 Å². The summed E-state index contributed by atoms with van der Waals surface area (Å²) in [6.07, 6.45) is -0.909. The summed E-state index contributed by atoms with van der Waals surface area (Å²) in [7, 11) is -2.83. The molecule has 1 fully saturated rings. The predicted octanol–water partition coefficient (Wildman–Crippen LogP) is 4.87. The quantitative estimate of drug-likeness (QED) is 0.428. The molecular formula is C27H30O3Si. The van der Waals surface area contributed by atoms with Gasteiger partial charge in [-0.1, -0.05) is 119 Å². The number of benzene rings is 3. The molecule has 1 heterocycles. The van der Waals surface area contributed by atoms with Gasteiger partial charge in [-0.15, -0.1) is 0 Å². The van der Waals surface area contributed by atoms with E-state index >= 15 is 0 Å². The lowest BCUT2D eigenvalue weighted by Crippen LogP contribution is -2.68. The Labute approximate surface area is 186 Å². The molecule has 0 radical (unpaired) electrons. The fourth-order valence-corrected chi connectivity index (χ4v) is 9.43. The highest BCUT2D eigenvalue weighted by Crippen LogP contribution is 2.43. The first-order chi connectivity index (χ1) is 14.8. The van der Waals surface area contributed by atoms with Gasteiger partial charge < -0.3 is 9.16 Å². The molecule has 0 spiro atoms. The first kappa shape index (κ1) is 21.5. The number of carbonyl (C=O) groups excluding carboxylic acids is 1. The minimum absolute atomic E-state index is 0.0865. The fraction of sp³-hybridized carbons (Fsp3) is 0.296. The van der Waals surface area contributed by atoms with E-state index in [-0.39, 0.29) is 23.0 Å². The van der Waals surface area contributed by atoms with Gasteiger partial charge in [0.25, 0.3) is 8.32 Å². The lowest BCUT2D eigenvalue weighted by atomic mass is 9.95. The molecular weight excluding hydrogens is 400 g/mol. The largest absolute Gasteiger partial charge is 0.455 e. The molecule has 160 valence electrons. The Hall–Kier alpha value is -2.69. The minimum atomic E-state index is -2.83. The van der Waals surface area contributed by atoms with Crippen LogP contribution in [0.5, 0.6) is 0 Å². The number of ether oxygens (including phenoxy) is 1. The number of cyclic esters (lactones) is 1.